The van der Waals surface area contributed by atoms with E-state index in [9.17, 15) is 28.3 Å². The highest BCUT2D eigenvalue weighted by molar-refractivity contribution is 6.13. The van der Waals surface area contributed by atoms with Crippen LogP contribution in [-0.2, 0) is 4.79 Å². The van der Waals surface area contributed by atoms with Crippen LogP contribution in [0.5, 0.6) is 5.75 Å². The molecule has 1 aromatic heterocycles. The number of benzene rings is 2. The molecule has 7 nitrogen and oxygen atoms in total. The van der Waals surface area contributed by atoms with Gasteiger partial charge in [0.25, 0.3) is 11.5 Å². The number of nitrogens with one attached hydrogen (secondary N) is 2. The number of carbonyl (C=O) groups excluding carboxylic acids is 1. The summed E-state index contributed by atoms with van der Waals surface area (Å²) >= 11 is 0. The molecular weight excluding hydrogens is 372 g/mol. The highest BCUT2D eigenvalue weighted by atomic mass is 19.1. The van der Waals surface area contributed by atoms with Gasteiger partial charge in [0.15, 0.2) is 0 Å². The number of aromatic nitrogens is 2. The van der Waals surface area contributed by atoms with Crippen molar-refractivity contribution in [1.82, 2.24) is 14.9 Å². The SMILES string of the molecule is C=C(C(=O)N[C@@H](C)c1ccc(F)cc1F)n1c(=O)[nH]c2cccc(O)c2c1=O. The van der Waals surface area contributed by atoms with Crippen LogP contribution in [0.3, 0.4) is 0 Å². The van der Waals surface area contributed by atoms with Crippen LogP contribution in [0, 0.1) is 11.6 Å². The van der Waals surface area contributed by atoms with Gasteiger partial charge in [0.05, 0.1) is 11.6 Å². The number of aromatic amines is 1. The van der Waals surface area contributed by atoms with Crippen LogP contribution in [-0.4, -0.2) is 20.6 Å². The van der Waals surface area contributed by atoms with Crippen LogP contribution in [0.2, 0.25) is 0 Å². The lowest BCUT2D eigenvalue weighted by molar-refractivity contribution is -0.116. The van der Waals surface area contributed by atoms with Gasteiger partial charge in [0, 0.05) is 11.6 Å². The van der Waals surface area contributed by atoms with Gasteiger partial charge in [-0.15, -0.1) is 0 Å². The summed E-state index contributed by atoms with van der Waals surface area (Å²) in [4.78, 5) is 39.7. The maximum absolute atomic E-state index is 13.9. The van der Waals surface area contributed by atoms with E-state index in [1.54, 1.807) is 0 Å². The predicted octanol–water partition coefficient (Wildman–Crippen LogP) is 2.02. The normalized spacial score (nSPS) is 12.0. The van der Waals surface area contributed by atoms with Crippen LogP contribution < -0.4 is 16.6 Å². The molecule has 0 spiro atoms. The predicted molar refractivity (Wildman–Crippen MR) is 98.7 cm³/mol. The summed E-state index contributed by atoms with van der Waals surface area (Å²) in [6.07, 6.45) is 0. The van der Waals surface area contributed by atoms with E-state index in [1.165, 1.54) is 31.2 Å². The Hall–Kier alpha value is -3.75. The number of phenols is 1. The van der Waals surface area contributed by atoms with Crippen LogP contribution >= 0.6 is 0 Å². The van der Waals surface area contributed by atoms with Gasteiger partial charge in [-0.1, -0.05) is 18.7 Å². The number of fused-ring (bicyclic) bond motifs is 1. The fraction of sp³-hybridized carbons (Fsp3) is 0.105. The number of halogens is 2. The van der Waals surface area contributed by atoms with E-state index in [4.69, 9.17) is 0 Å². The highest BCUT2D eigenvalue weighted by Gasteiger charge is 2.20. The van der Waals surface area contributed by atoms with E-state index < -0.39 is 40.5 Å². The van der Waals surface area contributed by atoms with Crippen molar-refractivity contribution in [3.63, 3.8) is 0 Å². The summed E-state index contributed by atoms with van der Waals surface area (Å²) in [6.45, 7) is 4.91. The number of hydrogen-bond donors (Lipinski definition) is 3. The molecular formula is C19H15F2N3O4. The van der Waals surface area contributed by atoms with Crippen LogP contribution in [0.1, 0.15) is 18.5 Å². The van der Waals surface area contributed by atoms with Gasteiger partial charge in [-0.2, -0.15) is 0 Å². The Bertz CT molecular complexity index is 1230. The number of phenolic OH excluding ortho intramolecular Hbond substituents is 1. The fourth-order valence-corrected chi connectivity index (χ4v) is 2.80. The average Bonchev–Trinajstić information content (AvgIpc) is 2.61. The third-order valence-corrected chi connectivity index (χ3v) is 4.21. The summed E-state index contributed by atoms with van der Waals surface area (Å²) in [5.41, 5.74) is -2.27. The summed E-state index contributed by atoms with van der Waals surface area (Å²) in [5.74, 6) is -2.91. The van der Waals surface area contributed by atoms with Gasteiger partial charge < -0.3 is 15.4 Å². The number of hydrogen-bond acceptors (Lipinski definition) is 4. The Morgan fingerprint density at radius 1 is 1.25 bits per heavy atom. The van der Waals surface area contributed by atoms with Crippen molar-refractivity contribution in [2.24, 2.45) is 0 Å². The van der Waals surface area contributed by atoms with E-state index in [0.29, 0.717) is 10.6 Å². The van der Waals surface area contributed by atoms with Crippen molar-refractivity contribution in [1.29, 1.82) is 0 Å². The topological polar surface area (TPSA) is 104 Å². The molecule has 0 aliphatic heterocycles. The monoisotopic (exact) mass is 387 g/mol. The van der Waals surface area contributed by atoms with Crippen molar-refractivity contribution >= 4 is 22.5 Å². The largest absolute Gasteiger partial charge is 0.507 e. The maximum Gasteiger partial charge on any atom is 0.333 e. The smallest absolute Gasteiger partial charge is 0.333 e. The molecule has 0 bridgehead atoms. The second-order valence-electron chi connectivity index (χ2n) is 6.08. The lowest BCUT2D eigenvalue weighted by Crippen LogP contribution is -2.39. The molecule has 3 N–H and O–H groups in total. The zero-order valence-corrected chi connectivity index (χ0v) is 14.6. The summed E-state index contributed by atoms with van der Waals surface area (Å²) in [5, 5.41) is 12.1. The van der Waals surface area contributed by atoms with Gasteiger partial charge in [-0.05, 0) is 25.1 Å². The van der Waals surface area contributed by atoms with Gasteiger partial charge >= 0.3 is 5.69 Å². The molecule has 144 valence electrons. The van der Waals surface area contributed by atoms with E-state index >= 15 is 0 Å². The summed E-state index contributed by atoms with van der Waals surface area (Å²) < 4.78 is 27.4. The standard InChI is InChI=1S/C19H15F2N3O4/c1-9(12-7-6-11(20)8-13(12)21)22-17(26)10(2)24-18(27)16-14(23-19(24)28)4-3-5-15(16)25/h3-9,25H,2H2,1H3,(H,22,26)(H,23,28)/t9-/m0/s1. The molecule has 0 aliphatic rings. The lowest BCUT2D eigenvalue weighted by Gasteiger charge is -2.16. The highest BCUT2D eigenvalue weighted by Crippen LogP contribution is 2.19. The summed E-state index contributed by atoms with van der Waals surface area (Å²) in [6, 6.07) is 6.11. The molecule has 0 unspecified atom stereocenters. The second kappa shape index (κ2) is 7.10. The Labute approximate surface area is 156 Å². The molecule has 28 heavy (non-hydrogen) atoms. The van der Waals surface area contributed by atoms with Crippen molar-refractivity contribution in [2.45, 2.75) is 13.0 Å². The Morgan fingerprint density at radius 3 is 2.64 bits per heavy atom. The molecule has 0 fully saturated rings. The molecule has 0 radical (unpaired) electrons. The number of H-pyrrole nitrogens is 1. The zero-order valence-electron chi connectivity index (χ0n) is 14.6. The molecule has 2 aromatic carbocycles. The number of rotatable bonds is 4. The van der Waals surface area contributed by atoms with E-state index in [0.717, 1.165) is 6.07 Å². The third kappa shape index (κ3) is 3.29. The quantitative estimate of drug-likeness (QED) is 0.596. The van der Waals surface area contributed by atoms with Crippen LogP contribution in [0.4, 0.5) is 8.78 Å². The third-order valence-electron chi connectivity index (χ3n) is 4.21. The molecule has 1 heterocycles. The Balaban J connectivity index is 1.96. The maximum atomic E-state index is 13.9. The first-order valence-electron chi connectivity index (χ1n) is 8.13. The number of carbonyl (C=O) groups is 1. The van der Waals surface area contributed by atoms with E-state index in [-0.39, 0.29) is 22.2 Å². The second-order valence-corrected chi connectivity index (χ2v) is 6.08. The first kappa shape index (κ1) is 19.0. The number of nitrogens with zero attached hydrogens (tertiary/aromatic N) is 1. The van der Waals surface area contributed by atoms with E-state index in [1.807, 2.05) is 0 Å². The minimum absolute atomic E-state index is 0.0139. The molecule has 9 heteroatoms. The van der Waals surface area contributed by atoms with E-state index in [2.05, 4.69) is 16.9 Å². The van der Waals surface area contributed by atoms with Gasteiger partial charge in [0.2, 0.25) is 0 Å². The zero-order chi connectivity index (χ0) is 20.6. The molecule has 0 aliphatic carbocycles. The molecule has 3 aromatic rings. The van der Waals surface area contributed by atoms with Gasteiger partial charge in [0.1, 0.15) is 28.5 Å². The minimum Gasteiger partial charge on any atom is -0.507 e. The molecule has 3 rings (SSSR count). The molecule has 0 saturated heterocycles. The number of aromatic hydroxyl groups is 1. The lowest BCUT2D eigenvalue weighted by atomic mass is 10.1. The van der Waals surface area contributed by atoms with Crippen molar-refractivity contribution in [3.05, 3.63) is 81.0 Å². The van der Waals surface area contributed by atoms with Crippen LogP contribution in [0.25, 0.3) is 16.6 Å². The van der Waals surface area contributed by atoms with Crippen molar-refractivity contribution in [2.75, 3.05) is 0 Å². The van der Waals surface area contributed by atoms with Crippen LogP contribution in [0.15, 0.2) is 52.6 Å². The number of amides is 1. The Morgan fingerprint density at radius 2 is 1.96 bits per heavy atom. The van der Waals surface area contributed by atoms with Crippen molar-refractivity contribution < 1.29 is 18.7 Å². The minimum atomic E-state index is -0.933. The molecule has 1 atom stereocenters. The molecule has 0 saturated carbocycles. The Kier molecular flexibility index (Phi) is 4.83. The fourth-order valence-electron chi connectivity index (χ4n) is 2.80. The van der Waals surface area contributed by atoms with Gasteiger partial charge in [-0.25, -0.2) is 18.1 Å². The molecule has 1 amide bonds. The average molecular weight is 387 g/mol. The summed E-state index contributed by atoms with van der Waals surface area (Å²) in [7, 11) is 0. The first-order valence-corrected chi connectivity index (χ1v) is 8.13. The van der Waals surface area contributed by atoms with Gasteiger partial charge in [-0.3, -0.25) is 9.59 Å². The first-order chi connectivity index (χ1) is 13.2. The van der Waals surface area contributed by atoms with Crippen molar-refractivity contribution in [3.8, 4) is 5.75 Å².